The van der Waals surface area contributed by atoms with Crippen LogP contribution in [0, 0.1) is 12.8 Å². The highest BCUT2D eigenvalue weighted by molar-refractivity contribution is 8.63. The van der Waals surface area contributed by atoms with E-state index >= 15 is 0 Å². The molecule has 2 heterocycles. The summed E-state index contributed by atoms with van der Waals surface area (Å²) >= 11 is 7.28. The highest BCUT2D eigenvalue weighted by Crippen LogP contribution is 2.55. The highest BCUT2D eigenvalue weighted by atomic mass is 32.9. The molecule has 7 atom stereocenters. The van der Waals surface area contributed by atoms with Gasteiger partial charge in [-0.15, -0.1) is 0 Å². The molecule has 2 fully saturated rings. The molecule has 2 aliphatic rings. The summed E-state index contributed by atoms with van der Waals surface area (Å²) in [6, 6.07) is 0. The topological polar surface area (TPSA) is 103 Å². The Labute approximate surface area is 237 Å². The number of H-pyrrole nitrogens is 1. The third-order valence-electron chi connectivity index (χ3n) is 8.41. The molecule has 1 aliphatic carbocycles. The van der Waals surface area contributed by atoms with E-state index in [0.717, 1.165) is 18.4 Å². The van der Waals surface area contributed by atoms with Gasteiger partial charge in [0.15, 0.2) is 8.32 Å². The first kappa shape index (κ1) is 31.9. The largest absolute Gasteiger partial charge is 0.415 e. The highest BCUT2D eigenvalue weighted by Gasteiger charge is 2.48. The Morgan fingerprint density at radius 3 is 2.63 bits per heavy atom. The zero-order valence-corrected chi connectivity index (χ0v) is 27.4. The van der Waals surface area contributed by atoms with Gasteiger partial charge in [0.2, 0.25) is 11.8 Å². The van der Waals surface area contributed by atoms with Crippen LogP contribution in [0.1, 0.15) is 72.1 Å². The maximum atomic E-state index is 12.6. The lowest BCUT2D eigenvalue weighted by atomic mass is 9.77. The number of aryl methyl sites for hydroxylation is 1. The molecular weight excluding hydrogens is 559 g/mol. The lowest BCUT2D eigenvalue weighted by Gasteiger charge is -2.39. The van der Waals surface area contributed by atoms with Crippen molar-refractivity contribution in [3.63, 3.8) is 0 Å². The minimum Gasteiger partial charge on any atom is -0.411 e. The lowest BCUT2D eigenvalue weighted by molar-refractivity contribution is -0.0365. The van der Waals surface area contributed by atoms with Crippen molar-refractivity contribution in [1.29, 1.82) is 0 Å². The molecule has 1 saturated carbocycles. The normalized spacial score (nSPS) is 30.9. The molecule has 0 radical (unpaired) electrons. The first-order valence-corrected chi connectivity index (χ1v) is 19.8. The molecule has 2 unspecified atom stereocenters. The van der Waals surface area contributed by atoms with Crippen LogP contribution in [-0.2, 0) is 25.5 Å². The van der Waals surface area contributed by atoms with Crippen LogP contribution in [0.4, 0.5) is 0 Å². The zero-order valence-electron chi connectivity index (χ0n) is 23.9. The number of aliphatic hydroxyl groups is 1. The Morgan fingerprint density at radius 1 is 1.39 bits per heavy atom. The van der Waals surface area contributed by atoms with Gasteiger partial charge in [-0.25, -0.2) is 4.79 Å². The summed E-state index contributed by atoms with van der Waals surface area (Å²) in [4.78, 5) is 26.8. The van der Waals surface area contributed by atoms with Gasteiger partial charge < -0.3 is 14.3 Å². The van der Waals surface area contributed by atoms with E-state index in [2.05, 4.69) is 52.4 Å². The van der Waals surface area contributed by atoms with Gasteiger partial charge in [0.25, 0.3) is 5.56 Å². The van der Waals surface area contributed by atoms with E-state index in [9.17, 15) is 14.7 Å². The average Bonchev–Trinajstić information content (AvgIpc) is 3.17. The van der Waals surface area contributed by atoms with Crippen molar-refractivity contribution in [2.24, 2.45) is 5.92 Å². The Morgan fingerprint density at radius 2 is 2.05 bits per heavy atom. The van der Waals surface area contributed by atoms with Gasteiger partial charge in [0, 0.05) is 18.2 Å². The van der Waals surface area contributed by atoms with Crippen molar-refractivity contribution >= 4 is 37.6 Å². The van der Waals surface area contributed by atoms with Gasteiger partial charge >= 0.3 is 11.8 Å². The molecule has 12 heteroatoms. The van der Waals surface area contributed by atoms with Crippen LogP contribution < -0.4 is 11.2 Å². The first-order chi connectivity index (χ1) is 17.4. The number of hydrogen-bond donors (Lipinski definition) is 2. The lowest BCUT2D eigenvalue weighted by Crippen LogP contribution is -2.46. The van der Waals surface area contributed by atoms with Gasteiger partial charge in [-0.2, -0.15) is 4.52 Å². The Kier molecular flexibility index (Phi) is 10.1. The molecule has 3 rings (SSSR count). The van der Waals surface area contributed by atoms with E-state index < -0.39 is 44.1 Å². The van der Waals surface area contributed by atoms with Crippen LogP contribution in [0.25, 0.3) is 0 Å². The maximum Gasteiger partial charge on any atom is 0.415 e. The van der Waals surface area contributed by atoms with E-state index in [1.165, 1.54) is 10.8 Å². The number of aliphatic hydroxyl groups excluding tert-OH is 1. The second kappa shape index (κ2) is 12.1. The first-order valence-electron chi connectivity index (χ1n) is 13.2. The van der Waals surface area contributed by atoms with Gasteiger partial charge in [-0.05, 0) is 64.1 Å². The summed E-state index contributed by atoms with van der Waals surface area (Å²) in [5.41, 5.74) is 0.644. The number of hydrogen-bond acceptors (Lipinski definition) is 8. The molecule has 8 nitrogen and oxygen atoms in total. The van der Waals surface area contributed by atoms with Crippen molar-refractivity contribution < 1.29 is 18.8 Å². The van der Waals surface area contributed by atoms with E-state index in [1.54, 1.807) is 18.3 Å². The molecule has 1 aromatic rings. The van der Waals surface area contributed by atoms with Crippen molar-refractivity contribution in [2.45, 2.75) is 115 Å². The summed E-state index contributed by atoms with van der Waals surface area (Å²) in [7, 11) is -2.15. The average molecular weight is 604 g/mol. The van der Waals surface area contributed by atoms with Crippen LogP contribution in [0.3, 0.4) is 0 Å². The fourth-order valence-corrected chi connectivity index (χ4v) is 10.8. The molecular formula is C26H44N2O6PS2Si+. The fraction of sp³-hybridized carbons (Fsp3) is 0.769. The Bertz CT molecular complexity index is 1170. The van der Waals surface area contributed by atoms with Crippen molar-refractivity contribution in [3.05, 3.63) is 44.8 Å². The van der Waals surface area contributed by atoms with Crippen molar-refractivity contribution in [1.82, 2.24) is 9.55 Å². The molecule has 0 spiro atoms. The summed E-state index contributed by atoms with van der Waals surface area (Å²) in [6.07, 6.45) is 1.47. The van der Waals surface area contributed by atoms with Crippen LogP contribution in [0.5, 0.6) is 0 Å². The molecule has 1 aromatic heterocycles. The Balaban J connectivity index is 1.73. The monoisotopic (exact) mass is 603 g/mol. The van der Waals surface area contributed by atoms with Crippen LogP contribution in [0.15, 0.2) is 27.9 Å². The van der Waals surface area contributed by atoms with E-state index in [0.29, 0.717) is 24.3 Å². The summed E-state index contributed by atoms with van der Waals surface area (Å²) < 4.78 is 20.3. The number of allylic oxidation sites excluding steroid dienone is 1. The summed E-state index contributed by atoms with van der Waals surface area (Å²) in [5, 5.41) is 10.9. The van der Waals surface area contributed by atoms with Gasteiger partial charge in [0.1, 0.15) is 30.3 Å². The number of aromatic amines is 1. The van der Waals surface area contributed by atoms with Gasteiger partial charge in [-0.3, -0.25) is 14.3 Å². The smallest absolute Gasteiger partial charge is 0.411 e. The number of nitrogens with zero attached hydrogens (tertiary/aromatic N) is 1. The quantitative estimate of drug-likeness (QED) is 0.215. The molecule has 0 amide bonds. The third-order valence-corrected chi connectivity index (χ3v) is 17.3. The summed E-state index contributed by atoms with van der Waals surface area (Å²) in [5.74, 6) is 0.341. The van der Waals surface area contributed by atoms with Crippen LogP contribution in [0.2, 0.25) is 18.1 Å². The standard InChI is InChI=1S/C26H43N2O6PS2Si/c1-16(2)18-10-11-26(7,21(29)12-18)37-35(36)32-15-20-19(34-38(8,9)25(4,5)6)13-22(33-20)28-14-17(3)23(30)27-24(28)31/h14,18-22,29H,1,10-13,15H2,2-9H3/p+1/t18-,19?,20+,21+,22+,26+/m0/s1. The number of aromatic nitrogens is 2. The van der Waals surface area contributed by atoms with Crippen LogP contribution >= 0.6 is 17.5 Å². The van der Waals surface area contributed by atoms with Gasteiger partial charge in [0.05, 0.1) is 17.0 Å². The molecule has 0 aromatic carbocycles. The van der Waals surface area contributed by atoms with E-state index in [4.69, 9.17) is 25.5 Å². The second-order valence-electron chi connectivity index (χ2n) is 12.5. The number of ether oxygens (including phenoxy) is 1. The molecule has 1 aliphatic heterocycles. The molecule has 2 N–H and O–H groups in total. The minimum atomic E-state index is -2.15. The fourth-order valence-electron chi connectivity index (χ4n) is 4.65. The van der Waals surface area contributed by atoms with Gasteiger partial charge in [-0.1, -0.05) is 32.9 Å². The predicted octanol–water partition coefficient (Wildman–Crippen LogP) is 5.54. The van der Waals surface area contributed by atoms with E-state index in [-0.39, 0.29) is 22.5 Å². The molecule has 38 heavy (non-hydrogen) atoms. The Hall–Kier alpha value is -0.653. The maximum absolute atomic E-state index is 12.6. The minimum absolute atomic E-state index is 0.00421. The zero-order chi connectivity index (χ0) is 28.6. The van der Waals surface area contributed by atoms with Crippen molar-refractivity contribution in [2.75, 3.05) is 6.61 Å². The van der Waals surface area contributed by atoms with E-state index in [1.807, 2.05) is 6.92 Å². The molecule has 214 valence electrons. The SMILES string of the molecule is C=C(C)[C@H]1CC[C@@](C)(S[P+](=S)OC[C@H]2O[C@@H](n3cc(C)c(=O)[nH]c3=O)CC2O[Si](C)(C)C(C)(C)C)[C@H](O)C1. The third kappa shape index (κ3) is 7.35. The summed E-state index contributed by atoms with van der Waals surface area (Å²) in [6.45, 7) is 21.0. The van der Waals surface area contributed by atoms with Crippen LogP contribution in [-0.4, -0.2) is 52.6 Å². The molecule has 0 bridgehead atoms. The second-order valence-corrected chi connectivity index (χ2v) is 22.3. The predicted molar refractivity (Wildman–Crippen MR) is 161 cm³/mol. The van der Waals surface area contributed by atoms with Crippen molar-refractivity contribution in [3.8, 4) is 0 Å². The number of rotatable bonds is 9. The molecule has 1 saturated heterocycles. The number of nitrogens with one attached hydrogen (secondary N) is 1.